The fourth-order valence-corrected chi connectivity index (χ4v) is 4.45. The fourth-order valence-electron chi connectivity index (χ4n) is 4.45. The zero-order chi connectivity index (χ0) is 21.4. The third-order valence-corrected chi connectivity index (χ3v) is 6.08. The van der Waals surface area contributed by atoms with Crippen molar-refractivity contribution in [2.45, 2.75) is 38.4 Å². The number of nitrogens with one attached hydrogen (secondary N) is 1. The SMILES string of the molecule is CNC(=O)C1CC2(CCN(c3ccc(C#N)c(C(F)(F)F)c3)CC2)CN1C(C)=O. The summed E-state index contributed by atoms with van der Waals surface area (Å²) in [5.74, 6) is -0.346. The van der Waals surface area contributed by atoms with Gasteiger partial charge in [0.1, 0.15) is 6.04 Å². The lowest BCUT2D eigenvalue weighted by molar-refractivity contribution is -0.137. The summed E-state index contributed by atoms with van der Waals surface area (Å²) in [5, 5.41) is 11.6. The second-order valence-corrected chi connectivity index (χ2v) is 7.81. The lowest BCUT2D eigenvalue weighted by atomic mass is 9.76. The van der Waals surface area contributed by atoms with Crippen LogP contribution in [0.15, 0.2) is 18.2 Å². The molecule has 156 valence electrons. The molecule has 2 saturated heterocycles. The Morgan fingerprint density at radius 1 is 1.28 bits per heavy atom. The molecular formula is C20H23F3N4O2. The molecule has 6 nitrogen and oxygen atoms in total. The number of carbonyl (C=O) groups excluding carboxylic acids is 2. The van der Waals surface area contributed by atoms with Crippen molar-refractivity contribution in [3.05, 3.63) is 29.3 Å². The van der Waals surface area contributed by atoms with Gasteiger partial charge in [0.25, 0.3) is 0 Å². The van der Waals surface area contributed by atoms with Crippen LogP contribution in [-0.4, -0.2) is 49.4 Å². The second kappa shape index (κ2) is 7.58. The van der Waals surface area contributed by atoms with E-state index in [9.17, 15) is 22.8 Å². The number of likely N-dealkylation sites (tertiary alicyclic amines) is 1. The lowest BCUT2D eigenvalue weighted by Crippen LogP contribution is -2.44. The number of alkyl halides is 3. The molecule has 2 fully saturated rings. The number of rotatable bonds is 2. The highest BCUT2D eigenvalue weighted by Gasteiger charge is 2.48. The number of hydrogen-bond donors (Lipinski definition) is 1. The molecule has 3 rings (SSSR count). The minimum atomic E-state index is -4.59. The first-order chi connectivity index (χ1) is 13.6. The van der Waals surface area contributed by atoms with E-state index in [0.717, 1.165) is 6.07 Å². The van der Waals surface area contributed by atoms with Gasteiger partial charge in [-0.3, -0.25) is 9.59 Å². The van der Waals surface area contributed by atoms with Gasteiger partial charge >= 0.3 is 6.18 Å². The molecule has 1 aromatic carbocycles. The van der Waals surface area contributed by atoms with Crippen molar-refractivity contribution in [3.63, 3.8) is 0 Å². The van der Waals surface area contributed by atoms with E-state index < -0.39 is 23.3 Å². The smallest absolute Gasteiger partial charge is 0.371 e. The number of anilines is 1. The number of halogens is 3. The maximum absolute atomic E-state index is 13.2. The Morgan fingerprint density at radius 2 is 1.93 bits per heavy atom. The summed E-state index contributed by atoms with van der Waals surface area (Å²) in [7, 11) is 1.54. The Bertz CT molecular complexity index is 854. The van der Waals surface area contributed by atoms with Gasteiger partial charge in [0.05, 0.1) is 17.2 Å². The van der Waals surface area contributed by atoms with Crippen molar-refractivity contribution < 1.29 is 22.8 Å². The molecule has 2 heterocycles. The Morgan fingerprint density at radius 3 is 2.45 bits per heavy atom. The van der Waals surface area contributed by atoms with Crippen molar-refractivity contribution in [2.24, 2.45) is 5.41 Å². The molecule has 1 unspecified atom stereocenters. The topological polar surface area (TPSA) is 76.4 Å². The molecule has 1 spiro atoms. The number of piperidine rings is 1. The van der Waals surface area contributed by atoms with Crippen LogP contribution in [0, 0.1) is 16.7 Å². The Hall–Kier alpha value is -2.76. The highest BCUT2D eigenvalue weighted by Crippen LogP contribution is 2.44. The van der Waals surface area contributed by atoms with Gasteiger partial charge in [0.15, 0.2) is 0 Å². The lowest BCUT2D eigenvalue weighted by Gasteiger charge is -2.40. The van der Waals surface area contributed by atoms with E-state index in [2.05, 4.69) is 5.32 Å². The van der Waals surface area contributed by atoms with Crippen molar-refractivity contribution in [3.8, 4) is 6.07 Å². The Kier molecular flexibility index (Phi) is 5.48. The van der Waals surface area contributed by atoms with Gasteiger partial charge in [-0.15, -0.1) is 0 Å². The number of likely N-dealkylation sites (N-methyl/N-ethyl adjacent to an activating group) is 1. The van der Waals surface area contributed by atoms with Crippen LogP contribution in [0.25, 0.3) is 0 Å². The maximum atomic E-state index is 13.2. The van der Waals surface area contributed by atoms with Gasteiger partial charge in [0.2, 0.25) is 11.8 Å². The number of benzene rings is 1. The molecule has 29 heavy (non-hydrogen) atoms. The molecular weight excluding hydrogens is 385 g/mol. The molecule has 1 aromatic rings. The normalized spacial score (nSPS) is 21.2. The maximum Gasteiger partial charge on any atom is 0.417 e. The molecule has 0 saturated carbocycles. The largest absolute Gasteiger partial charge is 0.417 e. The minimum Gasteiger partial charge on any atom is -0.371 e. The van der Waals surface area contributed by atoms with Crippen LogP contribution in [0.1, 0.15) is 37.3 Å². The summed E-state index contributed by atoms with van der Waals surface area (Å²) in [5.41, 5.74) is -1.11. The average molecular weight is 408 g/mol. The van der Waals surface area contributed by atoms with E-state index in [0.29, 0.717) is 44.6 Å². The van der Waals surface area contributed by atoms with E-state index >= 15 is 0 Å². The van der Waals surface area contributed by atoms with Crippen LogP contribution in [0.3, 0.4) is 0 Å². The van der Waals surface area contributed by atoms with E-state index in [-0.39, 0.29) is 17.2 Å². The van der Waals surface area contributed by atoms with Gasteiger partial charge in [-0.25, -0.2) is 0 Å². The number of nitriles is 1. The summed E-state index contributed by atoms with van der Waals surface area (Å²) >= 11 is 0. The summed E-state index contributed by atoms with van der Waals surface area (Å²) < 4.78 is 39.7. The van der Waals surface area contributed by atoms with Crippen LogP contribution in [0.4, 0.5) is 18.9 Å². The summed E-state index contributed by atoms with van der Waals surface area (Å²) in [4.78, 5) is 27.6. The summed E-state index contributed by atoms with van der Waals surface area (Å²) in [6.45, 7) is 2.97. The highest BCUT2D eigenvalue weighted by atomic mass is 19.4. The molecule has 1 atom stereocenters. The van der Waals surface area contributed by atoms with E-state index in [1.54, 1.807) is 11.0 Å². The molecule has 0 aliphatic carbocycles. The number of carbonyl (C=O) groups is 2. The quantitative estimate of drug-likeness (QED) is 0.816. The summed E-state index contributed by atoms with van der Waals surface area (Å²) in [6, 6.07) is 4.86. The number of amides is 2. The van der Waals surface area contributed by atoms with E-state index in [1.807, 2.05) is 4.90 Å². The molecule has 0 aromatic heterocycles. The monoisotopic (exact) mass is 408 g/mol. The predicted molar refractivity (Wildman–Crippen MR) is 99.9 cm³/mol. The molecule has 9 heteroatoms. The zero-order valence-corrected chi connectivity index (χ0v) is 16.3. The first kappa shape index (κ1) is 21.0. The van der Waals surface area contributed by atoms with Crippen LogP contribution in [0.2, 0.25) is 0 Å². The average Bonchev–Trinajstić information content (AvgIpc) is 3.06. The molecule has 0 bridgehead atoms. The van der Waals surface area contributed by atoms with Crippen molar-refractivity contribution in [1.29, 1.82) is 5.26 Å². The first-order valence-corrected chi connectivity index (χ1v) is 9.45. The Labute approximate surface area is 167 Å². The zero-order valence-electron chi connectivity index (χ0n) is 16.3. The van der Waals surface area contributed by atoms with Crippen molar-refractivity contribution >= 4 is 17.5 Å². The minimum absolute atomic E-state index is 0.153. The van der Waals surface area contributed by atoms with E-state index in [4.69, 9.17) is 5.26 Å². The predicted octanol–water partition coefficient (Wildman–Crippen LogP) is 2.53. The van der Waals surface area contributed by atoms with Crippen molar-refractivity contribution in [1.82, 2.24) is 10.2 Å². The fraction of sp³-hybridized carbons (Fsp3) is 0.550. The molecule has 0 radical (unpaired) electrons. The number of nitrogens with zero attached hydrogens (tertiary/aromatic N) is 3. The van der Waals surface area contributed by atoms with Crippen LogP contribution in [-0.2, 0) is 15.8 Å². The van der Waals surface area contributed by atoms with Gasteiger partial charge in [-0.2, -0.15) is 18.4 Å². The third-order valence-electron chi connectivity index (χ3n) is 6.08. The Balaban J connectivity index is 1.77. The molecule has 1 N–H and O–H groups in total. The second-order valence-electron chi connectivity index (χ2n) is 7.81. The van der Waals surface area contributed by atoms with Crippen LogP contribution in [0.5, 0.6) is 0 Å². The van der Waals surface area contributed by atoms with Gasteiger partial charge in [-0.05, 0) is 42.9 Å². The molecule has 2 aliphatic heterocycles. The van der Waals surface area contributed by atoms with Gasteiger partial charge < -0.3 is 15.1 Å². The van der Waals surface area contributed by atoms with Gasteiger partial charge in [-0.1, -0.05) is 0 Å². The van der Waals surface area contributed by atoms with E-state index in [1.165, 1.54) is 26.1 Å². The molecule has 2 aliphatic rings. The summed E-state index contributed by atoms with van der Waals surface area (Å²) in [6.07, 6.45) is -2.69. The standard InChI is InChI=1S/C20H23F3N4O2/c1-13(28)27-12-19(10-17(27)18(29)25-2)5-7-26(8-6-19)15-4-3-14(11-24)16(9-15)20(21,22)23/h3-4,9,17H,5-8,10,12H2,1-2H3,(H,25,29). The first-order valence-electron chi connectivity index (χ1n) is 9.45. The van der Waals surface area contributed by atoms with Gasteiger partial charge in [0, 0.05) is 39.3 Å². The third kappa shape index (κ3) is 4.02. The van der Waals surface area contributed by atoms with Crippen molar-refractivity contribution in [2.75, 3.05) is 31.6 Å². The van der Waals surface area contributed by atoms with Crippen LogP contribution < -0.4 is 10.2 Å². The van der Waals surface area contributed by atoms with Crippen LogP contribution >= 0.6 is 0 Å². The highest BCUT2D eigenvalue weighted by molar-refractivity contribution is 5.87. The molecule has 2 amide bonds. The number of hydrogen-bond acceptors (Lipinski definition) is 4.